The molecule has 1 aliphatic heterocycles. The van der Waals surface area contributed by atoms with Crippen molar-refractivity contribution in [2.45, 2.75) is 18.7 Å². The van der Waals surface area contributed by atoms with Crippen LogP contribution >= 0.6 is 0 Å². The van der Waals surface area contributed by atoms with Gasteiger partial charge in [0.2, 0.25) is 10.0 Å². The molecule has 29 heavy (non-hydrogen) atoms. The fraction of sp³-hybridized carbons (Fsp3) is 0.300. The molecule has 8 nitrogen and oxygen atoms in total. The van der Waals surface area contributed by atoms with Crippen LogP contribution in [0.4, 0.5) is 5.69 Å². The maximum absolute atomic E-state index is 13.2. The molecule has 0 bridgehead atoms. The number of hydrogen-bond donors (Lipinski definition) is 0. The number of para-hydroxylation sites is 1. The van der Waals surface area contributed by atoms with E-state index in [9.17, 15) is 18.0 Å². The second-order valence-electron chi connectivity index (χ2n) is 5.87. The van der Waals surface area contributed by atoms with E-state index >= 15 is 0 Å². The highest BCUT2D eigenvalue weighted by Crippen LogP contribution is 2.33. The third-order valence-corrected chi connectivity index (χ3v) is 6.43. The van der Waals surface area contributed by atoms with E-state index < -0.39 is 22.0 Å². The monoisotopic (exact) mass is 420 g/mol. The van der Waals surface area contributed by atoms with Gasteiger partial charge >= 0.3 is 11.9 Å². The third kappa shape index (κ3) is 4.41. The maximum Gasteiger partial charge on any atom is 0.355 e. The number of rotatable bonds is 7. The van der Waals surface area contributed by atoms with Gasteiger partial charge in [0, 0.05) is 19.3 Å². The minimum atomic E-state index is -3.85. The van der Waals surface area contributed by atoms with Crippen LogP contribution in [-0.2, 0) is 29.1 Å². The van der Waals surface area contributed by atoms with Crippen molar-refractivity contribution in [3.63, 3.8) is 0 Å². The predicted molar refractivity (Wildman–Crippen MR) is 108 cm³/mol. The average Bonchev–Trinajstić information content (AvgIpc) is 2.96. The van der Waals surface area contributed by atoms with E-state index in [1.165, 1.54) is 41.8 Å². The first kappa shape index (κ1) is 22.4. The maximum atomic E-state index is 13.2. The van der Waals surface area contributed by atoms with Crippen molar-refractivity contribution in [1.82, 2.24) is 4.31 Å². The molecule has 0 spiro atoms. The highest BCUT2D eigenvalue weighted by atomic mass is 32.2. The molecule has 0 aromatic heterocycles. The van der Waals surface area contributed by atoms with Crippen molar-refractivity contribution in [1.29, 1.82) is 0 Å². The van der Waals surface area contributed by atoms with E-state index in [0.29, 0.717) is 0 Å². The number of allylic oxidation sites excluding steroid dienone is 2. The van der Waals surface area contributed by atoms with Crippen LogP contribution in [-0.4, -0.2) is 52.0 Å². The molecule has 0 radical (unpaired) electrons. The predicted octanol–water partition coefficient (Wildman–Crippen LogP) is 2.21. The van der Waals surface area contributed by atoms with Crippen molar-refractivity contribution < 1.29 is 27.5 Å². The lowest BCUT2D eigenvalue weighted by Gasteiger charge is -2.27. The Morgan fingerprint density at radius 1 is 1.00 bits per heavy atom. The lowest BCUT2D eigenvalue weighted by atomic mass is 10.1. The zero-order valence-corrected chi connectivity index (χ0v) is 17.6. The van der Waals surface area contributed by atoms with E-state index in [4.69, 9.17) is 9.47 Å². The van der Waals surface area contributed by atoms with Gasteiger partial charge in [-0.05, 0) is 24.3 Å². The number of methoxy groups -OCH3 is 2. The van der Waals surface area contributed by atoms with Crippen molar-refractivity contribution in [2.24, 2.45) is 0 Å². The van der Waals surface area contributed by atoms with Crippen molar-refractivity contribution in [3.05, 3.63) is 60.0 Å². The first-order chi connectivity index (χ1) is 13.8. The highest BCUT2D eigenvalue weighted by Gasteiger charge is 2.32. The summed E-state index contributed by atoms with van der Waals surface area (Å²) in [6, 6.07) is 6.27. The summed E-state index contributed by atoms with van der Waals surface area (Å²) in [6.07, 6.45) is 6.04. The van der Waals surface area contributed by atoms with E-state index in [2.05, 4.69) is 0 Å². The summed E-state index contributed by atoms with van der Waals surface area (Å²) in [5.41, 5.74) is 0.00656. The van der Waals surface area contributed by atoms with E-state index in [-0.39, 0.29) is 34.9 Å². The van der Waals surface area contributed by atoms with Crippen LogP contribution in [0.15, 0.2) is 64.9 Å². The molecular weight excluding hydrogens is 396 g/mol. The number of esters is 2. The van der Waals surface area contributed by atoms with Gasteiger partial charge in [0.15, 0.2) is 0 Å². The first-order valence-corrected chi connectivity index (χ1v) is 10.4. The lowest BCUT2D eigenvalue weighted by Crippen LogP contribution is -2.33. The molecule has 1 heterocycles. The average molecular weight is 420 g/mol. The van der Waals surface area contributed by atoms with E-state index in [1.54, 1.807) is 44.2 Å². The molecule has 1 aromatic rings. The van der Waals surface area contributed by atoms with Gasteiger partial charge < -0.3 is 14.4 Å². The summed E-state index contributed by atoms with van der Waals surface area (Å²) < 4.78 is 37.4. The van der Waals surface area contributed by atoms with Gasteiger partial charge in [0.1, 0.15) is 10.6 Å². The largest absolute Gasteiger partial charge is 0.465 e. The zero-order valence-electron chi connectivity index (χ0n) is 16.8. The van der Waals surface area contributed by atoms with Crippen LogP contribution in [0.5, 0.6) is 0 Å². The van der Waals surface area contributed by atoms with Crippen LogP contribution in [0, 0.1) is 0 Å². The van der Waals surface area contributed by atoms with Gasteiger partial charge in [-0.3, -0.25) is 0 Å². The molecule has 0 aliphatic carbocycles. The molecule has 0 amide bonds. The summed E-state index contributed by atoms with van der Waals surface area (Å²) in [5.74, 6) is -1.56. The number of benzene rings is 1. The van der Waals surface area contributed by atoms with Crippen LogP contribution < -0.4 is 4.90 Å². The lowest BCUT2D eigenvalue weighted by molar-refractivity contribution is -0.139. The normalized spacial score (nSPS) is 14.2. The number of carbonyl (C=O) groups is 2. The fourth-order valence-electron chi connectivity index (χ4n) is 2.93. The third-order valence-electron chi connectivity index (χ3n) is 4.34. The minimum Gasteiger partial charge on any atom is -0.465 e. The molecule has 156 valence electrons. The van der Waals surface area contributed by atoms with Gasteiger partial charge in [-0.15, -0.1) is 0 Å². The SMILES string of the molecule is CCN(CC)S(=O)(=O)c1ccccc1N1C=CC=CC(C(=O)OC)=C1C(=O)OC. The van der Waals surface area contributed by atoms with E-state index in [1.807, 2.05) is 0 Å². The summed E-state index contributed by atoms with van der Waals surface area (Å²) in [7, 11) is -1.47. The highest BCUT2D eigenvalue weighted by molar-refractivity contribution is 7.89. The Hall–Kier alpha value is -2.91. The molecule has 1 aliphatic rings. The fourth-order valence-corrected chi connectivity index (χ4v) is 4.57. The standard InChI is InChI=1S/C20H24N2O6S/c1-5-21(6-2)29(25,26)17-13-8-7-12-16(17)22-14-10-9-11-15(19(23)27-3)18(22)20(24)28-4/h7-14H,5-6H2,1-4H3. The zero-order chi connectivity index (χ0) is 21.6. The quantitative estimate of drug-likeness (QED) is 0.624. The summed E-state index contributed by atoms with van der Waals surface area (Å²) >= 11 is 0. The van der Waals surface area contributed by atoms with Crippen LogP contribution in [0.25, 0.3) is 0 Å². The van der Waals surface area contributed by atoms with Crippen molar-refractivity contribution in [2.75, 3.05) is 32.2 Å². The number of ether oxygens (including phenoxy) is 2. The molecule has 0 saturated carbocycles. The topological polar surface area (TPSA) is 93.2 Å². The Kier molecular flexibility index (Phi) is 7.35. The molecule has 9 heteroatoms. The van der Waals surface area contributed by atoms with Crippen molar-refractivity contribution >= 4 is 27.6 Å². The summed E-state index contributed by atoms with van der Waals surface area (Å²) in [6.45, 7) is 4.07. The Labute approximate surface area is 170 Å². The number of sulfonamides is 1. The molecule has 0 unspecified atom stereocenters. The molecule has 0 atom stereocenters. The second kappa shape index (κ2) is 9.53. The van der Waals surface area contributed by atoms with E-state index in [0.717, 1.165) is 0 Å². The van der Waals surface area contributed by atoms with Gasteiger partial charge in [-0.25, -0.2) is 18.0 Å². The molecule has 2 rings (SSSR count). The molecule has 0 N–H and O–H groups in total. The molecule has 0 saturated heterocycles. The Morgan fingerprint density at radius 3 is 2.21 bits per heavy atom. The van der Waals surface area contributed by atoms with Crippen LogP contribution in [0.3, 0.4) is 0 Å². The number of hydrogen-bond acceptors (Lipinski definition) is 7. The Morgan fingerprint density at radius 2 is 1.62 bits per heavy atom. The number of anilines is 1. The van der Waals surface area contributed by atoms with Gasteiger partial charge in [-0.2, -0.15) is 4.31 Å². The second-order valence-corrected chi connectivity index (χ2v) is 7.78. The Balaban J connectivity index is 2.79. The van der Waals surface area contributed by atoms with Gasteiger partial charge in [0.05, 0.1) is 25.5 Å². The number of nitrogens with zero attached hydrogens (tertiary/aromatic N) is 2. The summed E-state index contributed by atoms with van der Waals surface area (Å²) in [4.78, 5) is 26.2. The van der Waals surface area contributed by atoms with Crippen LogP contribution in [0.2, 0.25) is 0 Å². The van der Waals surface area contributed by atoms with Crippen molar-refractivity contribution in [3.8, 4) is 0 Å². The van der Waals surface area contributed by atoms with Gasteiger partial charge in [0.25, 0.3) is 0 Å². The van der Waals surface area contributed by atoms with Crippen LogP contribution in [0.1, 0.15) is 13.8 Å². The molecular formula is C20H24N2O6S. The van der Waals surface area contributed by atoms with Gasteiger partial charge in [-0.1, -0.05) is 32.1 Å². The Bertz CT molecular complexity index is 974. The number of carbonyl (C=O) groups excluding carboxylic acids is 2. The molecule has 1 aromatic carbocycles. The molecule has 0 fully saturated rings. The minimum absolute atomic E-state index is 0.000805. The first-order valence-electron chi connectivity index (χ1n) is 8.97. The smallest absolute Gasteiger partial charge is 0.355 e. The summed E-state index contributed by atoms with van der Waals surface area (Å²) in [5, 5.41) is 0.